The number of carbonyl (C=O) groups is 2. The van der Waals surface area contributed by atoms with Crippen LogP contribution in [-0.2, 0) is 10.3 Å². The van der Waals surface area contributed by atoms with E-state index in [4.69, 9.17) is 5.11 Å². The predicted molar refractivity (Wildman–Crippen MR) is 101 cm³/mol. The molecule has 3 heterocycles. The number of halogens is 6. The number of carbonyl (C=O) groups excluding carboxylic acids is 1. The van der Waals surface area contributed by atoms with Crippen LogP contribution in [0.3, 0.4) is 0 Å². The number of hydrogen-bond donors (Lipinski definition) is 3. The van der Waals surface area contributed by atoms with Crippen molar-refractivity contribution in [3.63, 3.8) is 0 Å². The van der Waals surface area contributed by atoms with Gasteiger partial charge in [0.05, 0.1) is 12.4 Å². The van der Waals surface area contributed by atoms with Gasteiger partial charge in [-0.15, -0.1) is 0 Å². The molecule has 2 atom stereocenters. The number of nitrogens with zero attached hydrogens (tertiary/aromatic N) is 4. The van der Waals surface area contributed by atoms with Crippen LogP contribution in [0, 0.1) is 5.82 Å². The molecule has 34 heavy (non-hydrogen) atoms. The Kier molecular flexibility index (Phi) is 6.60. The minimum atomic E-state index is -4.95. The van der Waals surface area contributed by atoms with E-state index in [1.807, 2.05) is 0 Å². The summed E-state index contributed by atoms with van der Waals surface area (Å²) in [4.78, 5) is 37.6. The van der Waals surface area contributed by atoms with Crippen molar-refractivity contribution in [3.8, 4) is 0 Å². The molecule has 2 aromatic rings. The molecule has 2 aromatic heterocycles. The van der Waals surface area contributed by atoms with Gasteiger partial charge in [-0.25, -0.2) is 38.2 Å². The molecule has 0 aliphatic carbocycles. The van der Waals surface area contributed by atoms with Gasteiger partial charge in [0.15, 0.2) is 6.10 Å². The molecule has 0 bridgehead atoms. The van der Waals surface area contributed by atoms with E-state index in [2.05, 4.69) is 30.0 Å². The lowest BCUT2D eigenvalue weighted by atomic mass is 9.89. The number of pyridine rings is 1. The largest absolute Gasteiger partial charge is 0.465 e. The molecule has 0 radical (unpaired) electrons. The highest BCUT2D eigenvalue weighted by molar-refractivity contribution is 6.02. The Labute approximate surface area is 186 Å². The first kappa shape index (κ1) is 24.7. The third-order valence-corrected chi connectivity index (χ3v) is 4.49. The number of amides is 2. The summed E-state index contributed by atoms with van der Waals surface area (Å²) in [5.74, 6) is -2.40. The second-order valence-electron chi connectivity index (χ2n) is 7.08. The van der Waals surface area contributed by atoms with E-state index in [0.717, 1.165) is 25.3 Å². The van der Waals surface area contributed by atoms with E-state index in [1.165, 1.54) is 0 Å². The lowest BCUT2D eigenvalue weighted by molar-refractivity contribution is -0.208. The lowest BCUT2D eigenvalue weighted by Gasteiger charge is -2.35. The summed E-state index contributed by atoms with van der Waals surface area (Å²) in [5.41, 5.74) is -3.77. The van der Waals surface area contributed by atoms with Crippen molar-refractivity contribution < 1.29 is 45.8 Å². The third kappa shape index (κ3) is 5.49. The number of aromatic nitrogens is 3. The molecule has 0 unspecified atom stereocenters. The van der Waals surface area contributed by atoms with Crippen molar-refractivity contribution in [1.82, 2.24) is 20.3 Å². The van der Waals surface area contributed by atoms with Gasteiger partial charge in [-0.3, -0.25) is 9.78 Å². The van der Waals surface area contributed by atoms with Crippen LogP contribution in [0.2, 0.25) is 0 Å². The number of rotatable bonds is 4. The van der Waals surface area contributed by atoms with E-state index in [1.54, 1.807) is 5.32 Å². The lowest BCUT2D eigenvalue weighted by Crippen LogP contribution is -2.48. The smallest absolute Gasteiger partial charge is 0.425 e. The molecule has 10 nitrogen and oxygen atoms in total. The van der Waals surface area contributed by atoms with E-state index < -0.39 is 71.6 Å². The number of carboxylic acid groups (broad SMARTS) is 1. The first-order chi connectivity index (χ1) is 15.8. The van der Waals surface area contributed by atoms with E-state index >= 15 is 0 Å². The first-order valence-corrected chi connectivity index (χ1v) is 9.20. The maximum atomic E-state index is 14.6. The summed E-state index contributed by atoms with van der Waals surface area (Å²) in [5, 5.41) is 12.6. The molecule has 3 N–H and O–H groups in total. The molecule has 0 saturated carbocycles. The topological polar surface area (TPSA) is 139 Å². The zero-order valence-electron chi connectivity index (χ0n) is 16.9. The molecule has 1 aliphatic heterocycles. The van der Waals surface area contributed by atoms with Gasteiger partial charge in [0.2, 0.25) is 0 Å². The Bertz CT molecular complexity index is 1130. The third-order valence-electron chi connectivity index (χ3n) is 4.49. The van der Waals surface area contributed by atoms with Gasteiger partial charge in [0.25, 0.3) is 18.4 Å². The molecule has 16 heteroatoms. The maximum Gasteiger partial charge on any atom is 0.425 e. The Balaban J connectivity index is 1.93. The van der Waals surface area contributed by atoms with Gasteiger partial charge in [0, 0.05) is 6.42 Å². The normalized spacial score (nSPS) is 20.4. The quantitative estimate of drug-likeness (QED) is 0.556. The van der Waals surface area contributed by atoms with Crippen LogP contribution in [0.4, 0.5) is 37.0 Å². The van der Waals surface area contributed by atoms with Crippen molar-refractivity contribution in [1.29, 1.82) is 0 Å². The van der Waals surface area contributed by atoms with Gasteiger partial charge in [0.1, 0.15) is 34.3 Å². The summed E-state index contributed by atoms with van der Waals surface area (Å²) in [6, 6.07) is 0.766. The van der Waals surface area contributed by atoms with E-state index in [-0.39, 0.29) is 5.82 Å². The summed E-state index contributed by atoms with van der Waals surface area (Å²) in [6.07, 6.45) is -11.7. The fraction of sp³-hybridized carbons (Fsp3) is 0.333. The second-order valence-corrected chi connectivity index (χ2v) is 7.08. The van der Waals surface area contributed by atoms with E-state index in [0.29, 0.717) is 6.20 Å². The molecule has 182 valence electrons. The number of ether oxygens (including phenoxy) is 1. The zero-order valence-corrected chi connectivity index (χ0v) is 16.9. The van der Waals surface area contributed by atoms with Crippen LogP contribution >= 0.6 is 0 Å². The Morgan fingerprint density at radius 2 is 1.91 bits per heavy atom. The van der Waals surface area contributed by atoms with Crippen LogP contribution < -0.4 is 10.6 Å². The fourth-order valence-corrected chi connectivity index (χ4v) is 2.95. The van der Waals surface area contributed by atoms with Crippen molar-refractivity contribution in [2.75, 3.05) is 5.32 Å². The average molecular weight is 492 g/mol. The van der Waals surface area contributed by atoms with Crippen LogP contribution in [0.15, 0.2) is 29.5 Å². The number of alkyl halides is 5. The summed E-state index contributed by atoms with van der Waals surface area (Å²) in [7, 11) is 0. The Morgan fingerprint density at radius 3 is 2.47 bits per heavy atom. The monoisotopic (exact) mass is 492 g/mol. The maximum absolute atomic E-state index is 14.6. The standard InChI is InChI=1S/C18H14F6N6O4/c1-17(4-10(18(22,23)24)34-15(30-17)29-16(32)33)12-7(19)2-3-11(27-12)28-14(31)9-6-25-8(5-26-9)13(20)21/h2-3,5-6,10,13H,4H2,1H3,(H,29,30)(H,32,33)(H,27,28,31)/t10-,17-/m0/s1. The molecular formula is C18H14F6N6O4. The fourth-order valence-electron chi connectivity index (χ4n) is 2.95. The summed E-state index contributed by atoms with van der Waals surface area (Å²) >= 11 is 0. The van der Waals surface area contributed by atoms with Crippen molar-refractivity contribution in [2.45, 2.75) is 37.6 Å². The molecule has 0 saturated heterocycles. The van der Waals surface area contributed by atoms with Crippen LogP contribution in [0.25, 0.3) is 0 Å². The molecule has 0 aromatic carbocycles. The minimum Gasteiger partial charge on any atom is -0.465 e. The van der Waals surface area contributed by atoms with Crippen LogP contribution in [-0.4, -0.2) is 50.4 Å². The highest BCUT2D eigenvalue weighted by Gasteiger charge is 2.51. The Hall–Kier alpha value is -3.98. The number of amidine groups is 1. The average Bonchev–Trinajstić information content (AvgIpc) is 2.73. The van der Waals surface area contributed by atoms with Crippen molar-refractivity contribution >= 4 is 23.8 Å². The van der Waals surface area contributed by atoms with Gasteiger partial charge in [-0.05, 0) is 19.1 Å². The van der Waals surface area contributed by atoms with Crippen molar-refractivity contribution in [2.24, 2.45) is 4.99 Å². The zero-order chi connectivity index (χ0) is 25.3. The van der Waals surface area contributed by atoms with Gasteiger partial charge in [-0.1, -0.05) is 0 Å². The number of nitrogens with one attached hydrogen (secondary N) is 2. The van der Waals surface area contributed by atoms with Gasteiger partial charge >= 0.3 is 12.3 Å². The highest BCUT2D eigenvalue weighted by Crippen LogP contribution is 2.40. The summed E-state index contributed by atoms with van der Waals surface area (Å²) in [6.45, 7) is 1.07. The minimum absolute atomic E-state index is 0.333. The molecular weight excluding hydrogens is 478 g/mol. The second kappa shape index (κ2) is 9.11. The molecule has 0 fully saturated rings. The summed E-state index contributed by atoms with van der Waals surface area (Å²) < 4.78 is 84.3. The van der Waals surface area contributed by atoms with Crippen LogP contribution in [0.5, 0.6) is 0 Å². The molecule has 1 aliphatic rings. The Morgan fingerprint density at radius 1 is 1.21 bits per heavy atom. The van der Waals surface area contributed by atoms with Gasteiger partial charge in [-0.2, -0.15) is 13.2 Å². The van der Waals surface area contributed by atoms with Crippen molar-refractivity contribution in [3.05, 3.63) is 47.4 Å². The number of anilines is 1. The van der Waals surface area contributed by atoms with E-state index in [9.17, 15) is 35.9 Å². The number of hydrogen-bond acceptors (Lipinski definition) is 7. The molecule has 3 rings (SSSR count). The van der Waals surface area contributed by atoms with Crippen LogP contribution in [0.1, 0.15) is 41.6 Å². The van der Waals surface area contributed by atoms with Gasteiger partial charge < -0.3 is 15.2 Å². The predicted octanol–water partition coefficient (Wildman–Crippen LogP) is 3.39. The first-order valence-electron chi connectivity index (χ1n) is 9.20. The molecule has 0 spiro atoms. The molecule has 2 amide bonds. The number of aliphatic imine (C=N–C) groups is 1. The SMILES string of the molecule is C[C@@]1(c2nc(NC(=O)c3cnc(C(F)F)cn3)ccc2F)C[C@@H](C(F)(F)F)OC(NC(=O)O)=N1. The highest BCUT2D eigenvalue weighted by atomic mass is 19.4.